The maximum Gasteiger partial charge on any atom is 0.326 e. The molecule has 0 spiro atoms. The van der Waals surface area contributed by atoms with E-state index in [4.69, 9.17) is 5.11 Å². The lowest BCUT2D eigenvalue weighted by Gasteiger charge is -2.12. The third-order valence-electron chi connectivity index (χ3n) is 3.27. The van der Waals surface area contributed by atoms with Gasteiger partial charge in [0.25, 0.3) is 5.91 Å². The number of hydrogen-bond acceptors (Lipinski definition) is 4. The Labute approximate surface area is 137 Å². The number of carboxylic acid groups (broad SMARTS) is 1. The van der Waals surface area contributed by atoms with Gasteiger partial charge >= 0.3 is 5.97 Å². The minimum Gasteiger partial charge on any atom is -0.480 e. The molecule has 1 heterocycles. The highest BCUT2D eigenvalue weighted by Gasteiger charge is 2.23. The zero-order valence-electron chi connectivity index (χ0n) is 12.8. The van der Waals surface area contributed by atoms with Crippen LogP contribution in [0.3, 0.4) is 0 Å². The third kappa shape index (κ3) is 4.13. The number of amides is 1. The molecule has 1 unspecified atom stereocenters. The largest absolute Gasteiger partial charge is 0.480 e. The first-order valence-electron chi connectivity index (χ1n) is 7.19. The van der Waals surface area contributed by atoms with Gasteiger partial charge in [0.1, 0.15) is 21.7 Å². The number of benzene rings is 1. The summed E-state index contributed by atoms with van der Waals surface area (Å²) in [7, 11) is 0. The molecule has 0 aliphatic heterocycles. The summed E-state index contributed by atoms with van der Waals surface area (Å²) in [5.41, 5.74) is 1.23. The highest BCUT2D eigenvalue weighted by molar-refractivity contribution is 7.17. The van der Waals surface area contributed by atoms with Gasteiger partial charge in [0, 0.05) is 5.56 Å². The van der Waals surface area contributed by atoms with E-state index in [2.05, 4.69) is 10.3 Å². The molecule has 1 atom stereocenters. The van der Waals surface area contributed by atoms with Crippen molar-refractivity contribution in [3.8, 4) is 10.6 Å². The van der Waals surface area contributed by atoms with Crippen LogP contribution in [0.2, 0.25) is 0 Å². The van der Waals surface area contributed by atoms with Crippen LogP contribution in [0.1, 0.15) is 35.1 Å². The Kier molecular flexibility index (Phi) is 5.44. The van der Waals surface area contributed by atoms with E-state index < -0.39 is 17.9 Å². The van der Waals surface area contributed by atoms with Crippen molar-refractivity contribution < 1.29 is 19.1 Å². The number of aliphatic carboxylic acids is 1. The molecule has 2 N–H and O–H groups in total. The van der Waals surface area contributed by atoms with Gasteiger partial charge in [-0.2, -0.15) is 0 Å². The van der Waals surface area contributed by atoms with Crippen LogP contribution >= 0.6 is 11.3 Å². The van der Waals surface area contributed by atoms with Crippen LogP contribution in [0.15, 0.2) is 24.3 Å². The molecule has 0 saturated carbocycles. The fourth-order valence-electron chi connectivity index (χ4n) is 2.09. The van der Waals surface area contributed by atoms with Crippen LogP contribution in [0.25, 0.3) is 10.6 Å². The van der Waals surface area contributed by atoms with Crippen LogP contribution in [0.5, 0.6) is 0 Å². The number of aromatic nitrogens is 1. The zero-order valence-corrected chi connectivity index (χ0v) is 13.6. The SMILES string of the molecule is CCCC(NC(=O)c1sc(-c2ccc(F)cc2)nc1C)C(=O)O. The van der Waals surface area contributed by atoms with Crippen molar-refractivity contribution >= 4 is 23.2 Å². The summed E-state index contributed by atoms with van der Waals surface area (Å²) >= 11 is 1.16. The van der Waals surface area contributed by atoms with E-state index in [1.807, 2.05) is 6.92 Å². The topological polar surface area (TPSA) is 79.3 Å². The molecular formula is C16H17FN2O3S. The molecule has 0 aliphatic rings. The van der Waals surface area contributed by atoms with Gasteiger partial charge in [0.15, 0.2) is 0 Å². The Morgan fingerprint density at radius 1 is 1.35 bits per heavy atom. The molecule has 1 aromatic heterocycles. The van der Waals surface area contributed by atoms with Crippen molar-refractivity contribution in [1.82, 2.24) is 10.3 Å². The number of nitrogens with one attached hydrogen (secondary N) is 1. The molecule has 122 valence electrons. The number of nitrogens with zero attached hydrogens (tertiary/aromatic N) is 1. The molecule has 0 fully saturated rings. The minimum atomic E-state index is -1.05. The van der Waals surface area contributed by atoms with Crippen molar-refractivity contribution in [2.45, 2.75) is 32.7 Å². The number of rotatable bonds is 6. The zero-order chi connectivity index (χ0) is 17.0. The van der Waals surface area contributed by atoms with Crippen molar-refractivity contribution in [3.05, 3.63) is 40.7 Å². The molecule has 0 radical (unpaired) electrons. The Balaban J connectivity index is 2.21. The van der Waals surface area contributed by atoms with Crippen molar-refractivity contribution in [3.63, 3.8) is 0 Å². The molecule has 1 amide bonds. The first-order valence-corrected chi connectivity index (χ1v) is 8.01. The van der Waals surface area contributed by atoms with E-state index in [0.717, 1.165) is 11.3 Å². The number of carboxylic acids is 1. The Morgan fingerprint density at radius 3 is 2.57 bits per heavy atom. The second kappa shape index (κ2) is 7.32. The van der Waals surface area contributed by atoms with Gasteiger partial charge in [-0.1, -0.05) is 13.3 Å². The number of hydrogen-bond donors (Lipinski definition) is 2. The maximum atomic E-state index is 13.0. The quantitative estimate of drug-likeness (QED) is 0.849. The fourth-order valence-corrected chi connectivity index (χ4v) is 3.07. The summed E-state index contributed by atoms with van der Waals surface area (Å²) in [4.78, 5) is 28.1. The number of aryl methyl sites for hydroxylation is 1. The van der Waals surface area contributed by atoms with Crippen LogP contribution in [0.4, 0.5) is 4.39 Å². The summed E-state index contributed by atoms with van der Waals surface area (Å²) in [6.07, 6.45) is 1.02. The normalized spacial score (nSPS) is 12.0. The van der Waals surface area contributed by atoms with E-state index in [0.29, 0.717) is 34.0 Å². The second-order valence-corrected chi connectivity index (χ2v) is 6.09. The lowest BCUT2D eigenvalue weighted by molar-refractivity contribution is -0.139. The summed E-state index contributed by atoms with van der Waals surface area (Å²) in [6.45, 7) is 3.54. The Hall–Kier alpha value is -2.28. The molecule has 2 rings (SSSR count). The standard InChI is InChI=1S/C16H17FN2O3S/c1-3-4-12(16(21)22)19-14(20)13-9(2)18-15(23-13)10-5-7-11(17)8-6-10/h5-8,12H,3-4H2,1-2H3,(H,19,20)(H,21,22). The summed E-state index contributed by atoms with van der Waals surface area (Å²) in [5, 5.41) is 12.2. The summed E-state index contributed by atoms with van der Waals surface area (Å²) < 4.78 is 13.0. The highest BCUT2D eigenvalue weighted by atomic mass is 32.1. The van der Waals surface area contributed by atoms with Gasteiger partial charge in [-0.05, 0) is 37.6 Å². The number of thiazole rings is 1. The summed E-state index contributed by atoms with van der Waals surface area (Å²) in [6, 6.07) is 4.92. The molecule has 0 aliphatic carbocycles. The predicted molar refractivity (Wildman–Crippen MR) is 86.0 cm³/mol. The molecule has 7 heteroatoms. The number of halogens is 1. The second-order valence-electron chi connectivity index (χ2n) is 5.09. The first kappa shape index (κ1) is 17.1. The first-order chi connectivity index (χ1) is 10.9. The van der Waals surface area contributed by atoms with Gasteiger partial charge in [-0.3, -0.25) is 4.79 Å². The fraction of sp³-hybridized carbons (Fsp3) is 0.312. The predicted octanol–water partition coefficient (Wildman–Crippen LogP) is 3.24. The molecule has 0 saturated heterocycles. The minimum absolute atomic E-state index is 0.344. The van der Waals surface area contributed by atoms with E-state index in [9.17, 15) is 14.0 Å². The third-order valence-corrected chi connectivity index (χ3v) is 4.48. The van der Waals surface area contributed by atoms with Crippen molar-refractivity contribution in [1.29, 1.82) is 0 Å². The van der Waals surface area contributed by atoms with Crippen molar-refractivity contribution in [2.75, 3.05) is 0 Å². The smallest absolute Gasteiger partial charge is 0.326 e. The van der Waals surface area contributed by atoms with Crippen LogP contribution in [-0.2, 0) is 4.79 Å². The highest BCUT2D eigenvalue weighted by Crippen LogP contribution is 2.28. The van der Waals surface area contributed by atoms with Crippen LogP contribution in [0, 0.1) is 12.7 Å². The maximum absolute atomic E-state index is 13.0. The molecule has 1 aromatic carbocycles. The average molecular weight is 336 g/mol. The van der Waals surface area contributed by atoms with Crippen LogP contribution in [-0.4, -0.2) is 28.0 Å². The molecule has 0 bridgehead atoms. The van der Waals surface area contributed by atoms with E-state index in [1.165, 1.54) is 12.1 Å². The van der Waals surface area contributed by atoms with E-state index >= 15 is 0 Å². The Morgan fingerprint density at radius 2 is 2.00 bits per heavy atom. The number of carbonyl (C=O) groups excluding carboxylic acids is 1. The lowest BCUT2D eigenvalue weighted by Crippen LogP contribution is -2.40. The van der Waals surface area contributed by atoms with Gasteiger partial charge in [0.05, 0.1) is 5.69 Å². The van der Waals surface area contributed by atoms with Crippen LogP contribution < -0.4 is 5.32 Å². The van der Waals surface area contributed by atoms with E-state index in [1.54, 1.807) is 19.1 Å². The van der Waals surface area contributed by atoms with Crippen molar-refractivity contribution in [2.24, 2.45) is 0 Å². The number of carbonyl (C=O) groups is 2. The van der Waals surface area contributed by atoms with E-state index in [-0.39, 0.29) is 5.82 Å². The van der Waals surface area contributed by atoms with Gasteiger partial charge < -0.3 is 10.4 Å². The monoisotopic (exact) mass is 336 g/mol. The van der Waals surface area contributed by atoms with Gasteiger partial charge in [-0.15, -0.1) is 11.3 Å². The van der Waals surface area contributed by atoms with Gasteiger partial charge in [0.2, 0.25) is 0 Å². The molecular weight excluding hydrogens is 319 g/mol. The molecule has 5 nitrogen and oxygen atoms in total. The average Bonchev–Trinajstić information content (AvgIpc) is 2.89. The lowest BCUT2D eigenvalue weighted by atomic mass is 10.1. The summed E-state index contributed by atoms with van der Waals surface area (Å²) in [5.74, 6) is -1.85. The van der Waals surface area contributed by atoms with Gasteiger partial charge in [-0.25, -0.2) is 14.2 Å². The molecule has 23 heavy (non-hydrogen) atoms. The molecule has 2 aromatic rings. The Bertz CT molecular complexity index is 713.